The molecular weight excluding hydrogens is 299 g/mol. The molecule has 0 aromatic heterocycles. The van der Waals surface area contributed by atoms with Gasteiger partial charge < -0.3 is 20.1 Å². The molecule has 2 unspecified atom stereocenters. The van der Waals surface area contributed by atoms with Crippen LogP contribution in [0.25, 0.3) is 0 Å². The molecule has 2 fully saturated rings. The van der Waals surface area contributed by atoms with E-state index in [1.807, 2.05) is 0 Å². The molecule has 126 valence electrons. The topological polar surface area (TPSA) is 64.8 Å². The van der Waals surface area contributed by atoms with Crippen LogP contribution in [0.3, 0.4) is 0 Å². The summed E-state index contributed by atoms with van der Waals surface area (Å²) in [7, 11) is 0. The standard InChI is InChI=1S/C17H23FN2O3/c18-14-3-1-12(2-4-14)15-11-20(7-10-23-15)17(21)16(19)13-5-8-22-9-6-13/h1-4,13,15-16H,5-11,19H2. The Balaban J connectivity index is 1.63. The maximum atomic E-state index is 13.0. The number of nitrogens with two attached hydrogens (primary N) is 1. The number of hydrogen-bond acceptors (Lipinski definition) is 4. The Morgan fingerprint density at radius 2 is 1.91 bits per heavy atom. The predicted octanol–water partition coefficient (Wildman–Crippen LogP) is 1.48. The first-order valence-electron chi connectivity index (χ1n) is 8.14. The van der Waals surface area contributed by atoms with Crippen LogP contribution in [0.1, 0.15) is 24.5 Å². The van der Waals surface area contributed by atoms with Gasteiger partial charge in [0.15, 0.2) is 0 Å². The van der Waals surface area contributed by atoms with Crippen LogP contribution in [-0.2, 0) is 14.3 Å². The van der Waals surface area contributed by atoms with Crippen LogP contribution >= 0.6 is 0 Å². The summed E-state index contributed by atoms with van der Waals surface area (Å²) in [4.78, 5) is 14.4. The number of nitrogens with zero attached hydrogens (tertiary/aromatic N) is 1. The monoisotopic (exact) mass is 322 g/mol. The van der Waals surface area contributed by atoms with Gasteiger partial charge in [0, 0.05) is 19.8 Å². The van der Waals surface area contributed by atoms with E-state index in [4.69, 9.17) is 15.2 Å². The second kappa shape index (κ2) is 7.38. The number of amides is 1. The van der Waals surface area contributed by atoms with Gasteiger partial charge in [-0.05, 0) is 36.5 Å². The summed E-state index contributed by atoms with van der Waals surface area (Å²) in [6.07, 6.45) is 1.44. The van der Waals surface area contributed by atoms with Crippen molar-refractivity contribution in [2.45, 2.75) is 25.0 Å². The van der Waals surface area contributed by atoms with E-state index in [0.717, 1.165) is 18.4 Å². The van der Waals surface area contributed by atoms with Gasteiger partial charge >= 0.3 is 0 Å². The molecule has 1 aromatic rings. The fourth-order valence-corrected chi connectivity index (χ4v) is 3.22. The molecule has 2 N–H and O–H groups in total. The van der Waals surface area contributed by atoms with Gasteiger partial charge in [0.2, 0.25) is 5.91 Å². The highest BCUT2D eigenvalue weighted by Gasteiger charge is 2.33. The highest BCUT2D eigenvalue weighted by molar-refractivity contribution is 5.82. The van der Waals surface area contributed by atoms with E-state index in [9.17, 15) is 9.18 Å². The second-order valence-corrected chi connectivity index (χ2v) is 6.17. The molecule has 2 atom stereocenters. The summed E-state index contributed by atoms with van der Waals surface area (Å²) in [5.74, 6) is -0.116. The number of halogens is 1. The number of carbonyl (C=O) groups excluding carboxylic acids is 1. The summed E-state index contributed by atoms with van der Waals surface area (Å²) >= 11 is 0. The van der Waals surface area contributed by atoms with Gasteiger partial charge in [0.25, 0.3) is 0 Å². The highest BCUT2D eigenvalue weighted by atomic mass is 19.1. The molecule has 2 aliphatic heterocycles. The molecule has 23 heavy (non-hydrogen) atoms. The Kier molecular flexibility index (Phi) is 5.25. The van der Waals surface area contributed by atoms with Crippen molar-refractivity contribution in [2.75, 3.05) is 32.9 Å². The molecule has 1 aromatic carbocycles. The maximum Gasteiger partial charge on any atom is 0.239 e. The highest BCUT2D eigenvalue weighted by Crippen LogP contribution is 2.25. The van der Waals surface area contributed by atoms with E-state index in [2.05, 4.69) is 0 Å². The van der Waals surface area contributed by atoms with Crippen molar-refractivity contribution >= 4 is 5.91 Å². The molecule has 3 rings (SSSR count). The van der Waals surface area contributed by atoms with E-state index in [1.54, 1.807) is 17.0 Å². The van der Waals surface area contributed by atoms with Crippen LogP contribution < -0.4 is 5.73 Å². The first kappa shape index (κ1) is 16.4. The van der Waals surface area contributed by atoms with E-state index < -0.39 is 6.04 Å². The summed E-state index contributed by atoms with van der Waals surface area (Å²) in [5.41, 5.74) is 7.07. The van der Waals surface area contributed by atoms with Crippen LogP contribution in [0.2, 0.25) is 0 Å². The molecule has 0 bridgehead atoms. The minimum absolute atomic E-state index is 0.0210. The van der Waals surface area contributed by atoms with Gasteiger partial charge in [-0.25, -0.2) is 4.39 Å². The zero-order valence-electron chi connectivity index (χ0n) is 13.1. The maximum absolute atomic E-state index is 13.0. The minimum Gasteiger partial charge on any atom is -0.381 e. The molecule has 0 saturated carbocycles. The molecule has 0 radical (unpaired) electrons. The Morgan fingerprint density at radius 3 is 2.61 bits per heavy atom. The normalized spacial score (nSPS) is 24.4. The van der Waals surface area contributed by atoms with Crippen molar-refractivity contribution in [1.29, 1.82) is 0 Å². The lowest BCUT2D eigenvalue weighted by molar-refractivity contribution is -0.142. The first-order chi connectivity index (χ1) is 11.1. The fourth-order valence-electron chi connectivity index (χ4n) is 3.22. The Labute approximate surface area is 135 Å². The van der Waals surface area contributed by atoms with Crippen LogP contribution in [0.15, 0.2) is 24.3 Å². The van der Waals surface area contributed by atoms with Crippen LogP contribution in [0, 0.1) is 11.7 Å². The zero-order chi connectivity index (χ0) is 16.2. The number of morpholine rings is 1. The average Bonchev–Trinajstić information content (AvgIpc) is 2.62. The van der Waals surface area contributed by atoms with Crippen molar-refractivity contribution < 1.29 is 18.7 Å². The molecule has 5 nitrogen and oxygen atoms in total. The van der Waals surface area contributed by atoms with E-state index in [1.165, 1.54) is 12.1 Å². The third-order valence-electron chi connectivity index (χ3n) is 4.68. The number of hydrogen-bond donors (Lipinski definition) is 1. The Bertz CT molecular complexity index is 531. The molecule has 6 heteroatoms. The van der Waals surface area contributed by atoms with Gasteiger partial charge in [0.05, 0.1) is 19.2 Å². The summed E-state index contributed by atoms with van der Waals surface area (Å²) in [5, 5.41) is 0. The molecule has 1 amide bonds. The van der Waals surface area contributed by atoms with Crippen molar-refractivity contribution in [2.24, 2.45) is 11.7 Å². The lowest BCUT2D eigenvalue weighted by Gasteiger charge is -2.36. The Hall–Kier alpha value is -1.50. The fraction of sp³-hybridized carbons (Fsp3) is 0.588. The van der Waals surface area contributed by atoms with Crippen molar-refractivity contribution in [1.82, 2.24) is 4.90 Å². The summed E-state index contributed by atoms with van der Waals surface area (Å²) in [6.45, 7) is 2.82. The molecule has 0 spiro atoms. The van der Waals surface area contributed by atoms with Gasteiger partial charge in [-0.3, -0.25) is 4.79 Å². The number of benzene rings is 1. The average molecular weight is 322 g/mol. The summed E-state index contributed by atoms with van der Waals surface area (Å²) in [6, 6.07) is 5.74. The van der Waals surface area contributed by atoms with Crippen molar-refractivity contribution in [3.05, 3.63) is 35.6 Å². The minimum atomic E-state index is -0.481. The Morgan fingerprint density at radius 1 is 1.22 bits per heavy atom. The van der Waals surface area contributed by atoms with Crippen LogP contribution in [0.5, 0.6) is 0 Å². The lowest BCUT2D eigenvalue weighted by Crippen LogP contribution is -2.52. The van der Waals surface area contributed by atoms with Crippen molar-refractivity contribution in [3.8, 4) is 0 Å². The second-order valence-electron chi connectivity index (χ2n) is 6.17. The van der Waals surface area contributed by atoms with Gasteiger partial charge in [0.1, 0.15) is 11.9 Å². The first-order valence-corrected chi connectivity index (χ1v) is 8.14. The third-order valence-corrected chi connectivity index (χ3v) is 4.68. The quantitative estimate of drug-likeness (QED) is 0.915. The zero-order valence-corrected chi connectivity index (χ0v) is 13.1. The molecule has 2 saturated heterocycles. The summed E-state index contributed by atoms with van der Waals surface area (Å²) < 4.78 is 24.1. The van der Waals surface area contributed by atoms with Crippen LogP contribution in [0.4, 0.5) is 4.39 Å². The largest absolute Gasteiger partial charge is 0.381 e. The number of rotatable bonds is 3. The molecule has 2 heterocycles. The number of carbonyl (C=O) groups is 1. The van der Waals surface area contributed by atoms with E-state index in [0.29, 0.717) is 32.9 Å². The van der Waals surface area contributed by atoms with Gasteiger partial charge in [-0.15, -0.1) is 0 Å². The lowest BCUT2D eigenvalue weighted by atomic mass is 9.91. The van der Waals surface area contributed by atoms with E-state index >= 15 is 0 Å². The van der Waals surface area contributed by atoms with Crippen molar-refractivity contribution in [3.63, 3.8) is 0 Å². The van der Waals surface area contributed by atoms with Crippen LogP contribution in [-0.4, -0.2) is 49.8 Å². The molecular formula is C17H23FN2O3. The third kappa shape index (κ3) is 3.88. The molecule has 0 aliphatic carbocycles. The predicted molar refractivity (Wildman–Crippen MR) is 83.2 cm³/mol. The molecule has 2 aliphatic rings. The number of ether oxygens (including phenoxy) is 2. The van der Waals surface area contributed by atoms with Gasteiger partial charge in [-0.2, -0.15) is 0 Å². The SMILES string of the molecule is NC(C(=O)N1CCOC(c2ccc(F)cc2)C1)C1CCOCC1. The smallest absolute Gasteiger partial charge is 0.239 e. The van der Waals surface area contributed by atoms with Gasteiger partial charge in [-0.1, -0.05) is 12.1 Å². The van der Waals surface area contributed by atoms with E-state index in [-0.39, 0.29) is 23.7 Å².